The molecule has 96 valence electrons. The van der Waals surface area contributed by atoms with Crippen molar-refractivity contribution >= 4 is 5.69 Å². The van der Waals surface area contributed by atoms with Crippen molar-refractivity contribution in [3.05, 3.63) is 60.6 Å². The average Bonchev–Trinajstić information content (AvgIpc) is 2.97. The number of hydrogen-bond acceptors (Lipinski definition) is 4. The van der Waals surface area contributed by atoms with Crippen LogP contribution >= 0.6 is 0 Å². The minimum absolute atomic E-state index is 0.370. The molecule has 0 aliphatic rings. The molecule has 0 aliphatic carbocycles. The number of imidazole rings is 1. The highest BCUT2D eigenvalue weighted by molar-refractivity contribution is 5.63. The number of aromatic nitrogens is 3. The number of nitrogens with zero attached hydrogens (tertiary/aromatic N) is 4. The SMILES string of the molecule is N#Cc1cccc(-n2ccnc2-c2cccc(N)c2)n1. The molecule has 0 fully saturated rings. The summed E-state index contributed by atoms with van der Waals surface area (Å²) in [5, 5.41) is 8.93. The van der Waals surface area contributed by atoms with Gasteiger partial charge in [0.1, 0.15) is 23.4 Å². The van der Waals surface area contributed by atoms with Gasteiger partial charge in [-0.1, -0.05) is 18.2 Å². The largest absolute Gasteiger partial charge is 0.399 e. The standard InChI is InChI=1S/C15H11N5/c16-10-13-5-2-6-14(19-13)20-8-7-18-15(20)11-3-1-4-12(17)9-11/h1-9H,17H2. The number of rotatable bonds is 2. The van der Waals surface area contributed by atoms with Crippen molar-refractivity contribution in [3.63, 3.8) is 0 Å². The maximum atomic E-state index is 8.93. The zero-order valence-electron chi connectivity index (χ0n) is 10.6. The van der Waals surface area contributed by atoms with Gasteiger partial charge in [-0.2, -0.15) is 5.26 Å². The first kappa shape index (κ1) is 11.9. The Kier molecular flexibility index (Phi) is 2.90. The van der Waals surface area contributed by atoms with E-state index < -0.39 is 0 Å². The molecule has 5 heteroatoms. The molecule has 0 radical (unpaired) electrons. The third-order valence-corrected chi connectivity index (χ3v) is 2.88. The summed E-state index contributed by atoms with van der Waals surface area (Å²) in [5.74, 6) is 1.39. The van der Waals surface area contributed by atoms with E-state index in [-0.39, 0.29) is 0 Å². The number of benzene rings is 1. The van der Waals surface area contributed by atoms with Crippen LogP contribution in [-0.2, 0) is 0 Å². The van der Waals surface area contributed by atoms with Crippen LogP contribution in [0.2, 0.25) is 0 Å². The van der Waals surface area contributed by atoms with Crippen molar-refractivity contribution < 1.29 is 0 Å². The maximum absolute atomic E-state index is 8.93. The van der Waals surface area contributed by atoms with E-state index in [0.29, 0.717) is 17.2 Å². The molecule has 3 aromatic rings. The minimum Gasteiger partial charge on any atom is -0.399 e. The molecule has 0 amide bonds. The van der Waals surface area contributed by atoms with Gasteiger partial charge < -0.3 is 5.73 Å². The van der Waals surface area contributed by atoms with Gasteiger partial charge in [0, 0.05) is 23.6 Å². The summed E-state index contributed by atoms with van der Waals surface area (Å²) in [5.41, 5.74) is 7.75. The molecule has 2 aromatic heterocycles. The van der Waals surface area contributed by atoms with Gasteiger partial charge >= 0.3 is 0 Å². The minimum atomic E-state index is 0.370. The topological polar surface area (TPSA) is 80.5 Å². The van der Waals surface area contributed by atoms with Gasteiger partial charge in [0.05, 0.1) is 0 Å². The van der Waals surface area contributed by atoms with Crippen molar-refractivity contribution in [2.24, 2.45) is 0 Å². The summed E-state index contributed by atoms with van der Waals surface area (Å²) in [6.07, 6.45) is 3.50. The van der Waals surface area contributed by atoms with Crippen molar-refractivity contribution in [1.82, 2.24) is 14.5 Å². The van der Waals surface area contributed by atoms with E-state index in [1.54, 1.807) is 18.3 Å². The van der Waals surface area contributed by atoms with E-state index in [2.05, 4.69) is 9.97 Å². The fourth-order valence-electron chi connectivity index (χ4n) is 2.00. The number of anilines is 1. The normalized spacial score (nSPS) is 10.2. The second kappa shape index (κ2) is 4.86. The summed E-state index contributed by atoms with van der Waals surface area (Å²) >= 11 is 0. The average molecular weight is 261 g/mol. The third-order valence-electron chi connectivity index (χ3n) is 2.88. The van der Waals surface area contributed by atoms with Crippen LogP contribution in [0.3, 0.4) is 0 Å². The number of nitrogens with two attached hydrogens (primary N) is 1. The van der Waals surface area contributed by atoms with Crippen LogP contribution in [0, 0.1) is 11.3 Å². The van der Waals surface area contributed by atoms with Crippen molar-refractivity contribution in [1.29, 1.82) is 5.26 Å². The first-order chi connectivity index (χ1) is 9.78. The van der Waals surface area contributed by atoms with Gasteiger partial charge in [0.2, 0.25) is 0 Å². The summed E-state index contributed by atoms with van der Waals surface area (Å²) in [4.78, 5) is 8.62. The van der Waals surface area contributed by atoms with Gasteiger partial charge in [-0.3, -0.25) is 4.57 Å². The first-order valence-corrected chi connectivity index (χ1v) is 6.05. The number of pyridine rings is 1. The van der Waals surface area contributed by atoms with Crippen molar-refractivity contribution in [2.45, 2.75) is 0 Å². The van der Waals surface area contributed by atoms with Crippen LogP contribution in [0.1, 0.15) is 5.69 Å². The molecule has 2 heterocycles. The monoisotopic (exact) mass is 261 g/mol. The Hall–Kier alpha value is -3.13. The Morgan fingerprint density at radius 1 is 1.15 bits per heavy atom. The molecule has 5 nitrogen and oxygen atoms in total. The third kappa shape index (κ3) is 2.10. The van der Waals surface area contributed by atoms with E-state index in [4.69, 9.17) is 11.0 Å². The molecule has 3 rings (SSSR count). The summed E-state index contributed by atoms with van der Waals surface area (Å²) in [6, 6.07) is 14.8. The highest BCUT2D eigenvalue weighted by atomic mass is 15.1. The molecular weight excluding hydrogens is 250 g/mol. The van der Waals surface area contributed by atoms with Gasteiger partial charge in [-0.05, 0) is 24.3 Å². The summed E-state index contributed by atoms with van der Waals surface area (Å²) in [7, 11) is 0. The molecule has 0 atom stereocenters. The molecule has 0 saturated heterocycles. The zero-order chi connectivity index (χ0) is 13.9. The van der Waals surface area contributed by atoms with Gasteiger partial charge in [0.15, 0.2) is 0 Å². The van der Waals surface area contributed by atoms with Crippen LogP contribution in [-0.4, -0.2) is 14.5 Å². The number of hydrogen-bond donors (Lipinski definition) is 1. The van der Waals surface area contributed by atoms with Gasteiger partial charge in [-0.25, -0.2) is 9.97 Å². The lowest BCUT2D eigenvalue weighted by Gasteiger charge is -2.07. The lowest BCUT2D eigenvalue weighted by Crippen LogP contribution is -2.00. The molecule has 20 heavy (non-hydrogen) atoms. The summed E-state index contributed by atoms with van der Waals surface area (Å²) < 4.78 is 1.83. The van der Waals surface area contributed by atoms with Crippen LogP contribution in [0.25, 0.3) is 17.2 Å². The van der Waals surface area contributed by atoms with Gasteiger partial charge in [-0.15, -0.1) is 0 Å². The van der Waals surface area contributed by atoms with Crippen LogP contribution in [0.5, 0.6) is 0 Å². The predicted octanol–water partition coefficient (Wildman–Crippen LogP) is 2.39. The quantitative estimate of drug-likeness (QED) is 0.718. The Morgan fingerprint density at radius 2 is 2.00 bits per heavy atom. The van der Waals surface area contributed by atoms with Crippen LogP contribution < -0.4 is 5.73 Å². The Morgan fingerprint density at radius 3 is 2.80 bits per heavy atom. The Bertz CT molecular complexity index is 798. The molecular formula is C15H11N5. The fourth-order valence-corrected chi connectivity index (χ4v) is 2.00. The molecule has 0 unspecified atom stereocenters. The smallest absolute Gasteiger partial charge is 0.145 e. The second-order valence-electron chi connectivity index (χ2n) is 4.24. The fraction of sp³-hybridized carbons (Fsp3) is 0. The molecule has 1 aromatic carbocycles. The van der Waals surface area contributed by atoms with E-state index in [9.17, 15) is 0 Å². The van der Waals surface area contributed by atoms with Crippen LogP contribution in [0.4, 0.5) is 5.69 Å². The highest BCUT2D eigenvalue weighted by Gasteiger charge is 2.09. The van der Waals surface area contributed by atoms with E-state index >= 15 is 0 Å². The van der Waals surface area contributed by atoms with E-state index in [1.807, 2.05) is 47.2 Å². The van der Waals surface area contributed by atoms with E-state index in [1.165, 1.54) is 0 Å². The predicted molar refractivity (Wildman–Crippen MR) is 75.9 cm³/mol. The van der Waals surface area contributed by atoms with Crippen LogP contribution in [0.15, 0.2) is 54.9 Å². The Balaban J connectivity index is 2.13. The van der Waals surface area contributed by atoms with Gasteiger partial charge in [0.25, 0.3) is 0 Å². The zero-order valence-corrected chi connectivity index (χ0v) is 10.6. The molecule has 0 saturated carbocycles. The molecule has 0 spiro atoms. The summed E-state index contributed by atoms with van der Waals surface area (Å²) in [6.45, 7) is 0. The molecule has 0 bridgehead atoms. The lowest BCUT2D eigenvalue weighted by atomic mass is 10.2. The van der Waals surface area contributed by atoms with Crippen molar-refractivity contribution in [3.8, 4) is 23.3 Å². The Labute approximate surface area is 116 Å². The molecule has 0 aliphatic heterocycles. The van der Waals surface area contributed by atoms with E-state index in [0.717, 1.165) is 11.4 Å². The number of nitrogen functional groups attached to an aromatic ring is 1. The maximum Gasteiger partial charge on any atom is 0.145 e. The first-order valence-electron chi connectivity index (χ1n) is 6.05. The number of nitriles is 1. The molecule has 2 N–H and O–H groups in total. The highest BCUT2D eigenvalue weighted by Crippen LogP contribution is 2.22. The lowest BCUT2D eigenvalue weighted by molar-refractivity contribution is 0.995. The van der Waals surface area contributed by atoms with Crippen molar-refractivity contribution in [2.75, 3.05) is 5.73 Å². The second-order valence-corrected chi connectivity index (χ2v) is 4.24.